The van der Waals surface area contributed by atoms with Gasteiger partial charge < -0.3 is 26.7 Å². The van der Waals surface area contributed by atoms with Crippen molar-refractivity contribution in [3.8, 4) is 28.1 Å². The number of hydrogen-bond donors (Lipinski definition) is 5. The largest absolute Gasteiger partial charge is 0.508 e. The number of aromatic hydroxyl groups is 1. The number of anilines is 2. The summed E-state index contributed by atoms with van der Waals surface area (Å²) in [4.78, 5) is 4.70. The molecule has 0 bridgehead atoms. The highest BCUT2D eigenvalue weighted by Crippen LogP contribution is 2.35. The van der Waals surface area contributed by atoms with E-state index >= 15 is 0 Å². The summed E-state index contributed by atoms with van der Waals surface area (Å²) in [5.74, 6) is 0.153. The molecule has 0 aliphatic carbocycles. The molecule has 6 heteroatoms. The Morgan fingerprint density at radius 1 is 1.00 bits per heavy atom. The molecule has 1 heterocycles. The summed E-state index contributed by atoms with van der Waals surface area (Å²) in [6.07, 6.45) is 1.72. The number of benzene rings is 3. The Kier molecular flexibility index (Phi) is 6.38. The van der Waals surface area contributed by atoms with Gasteiger partial charge >= 0.3 is 0 Å². The minimum absolute atomic E-state index is 0.0767. The second-order valence-corrected chi connectivity index (χ2v) is 7.89. The van der Waals surface area contributed by atoms with Crippen molar-refractivity contribution in [2.45, 2.75) is 13.0 Å². The summed E-state index contributed by atoms with van der Waals surface area (Å²) >= 11 is 0. The fourth-order valence-electron chi connectivity index (χ4n) is 3.82. The summed E-state index contributed by atoms with van der Waals surface area (Å²) in [6.45, 7) is 1.63. The number of aliphatic hydroxyl groups is 1. The lowest BCUT2D eigenvalue weighted by Crippen LogP contribution is -2.15. The molecule has 0 saturated carbocycles. The summed E-state index contributed by atoms with van der Waals surface area (Å²) < 4.78 is 0. The molecule has 1 aromatic heterocycles. The van der Waals surface area contributed by atoms with Gasteiger partial charge in [-0.3, -0.25) is 4.98 Å². The lowest BCUT2D eigenvalue weighted by molar-refractivity contribution is 0.276. The Labute approximate surface area is 192 Å². The zero-order chi connectivity index (χ0) is 23.4. The molecule has 3 aromatic carbocycles. The quantitative estimate of drug-likeness (QED) is 0.200. The molecule has 0 saturated heterocycles. The number of rotatable bonds is 7. The third-order valence-electron chi connectivity index (χ3n) is 5.50. The van der Waals surface area contributed by atoms with Crippen molar-refractivity contribution in [3.63, 3.8) is 0 Å². The van der Waals surface area contributed by atoms with Crippen LogP contribution in [0.1, 0.15) is 24.1 Å². The molecule has 0 radical (unpaired) electrons. The molecular weight excluding hydrogens is 412 g/mol. The van der Waals surface area contributed by atoms with Gasteiger partial charge in [0.1, 0.15) is 5.75 Å². The molecule has 166 valence electrons. The monoisotopic (exact) mass is 438 g/mol. The van der Waals surface area contributed by atoms with E-state index in [1.165, 1.54) is 0 Å². The molecule has 0 amide bonds. The summed E-state index contributed by atoms with van der Waals surface area (Å²) in [5.41, 5.74) is 12.5. The summed E-state index contributed by atoms with van der Waals surface area (Å²) in [5, 5.41) is 31.4. The lowest BCUT2D eigenvalue weighted by atomic mass is 9.95. The van der Waals surface area contributed by atoms with E-state index in [1.54, 1.807) is 37.4 Å². The van der Waals surface area contributed by atoms with Crippen LogP contribution < -0.4 is 11.1 Å². The first-order chi connectivity index (χ1) is 16.0. The van der Waals surface area contributed by atoms with Crippen LogP contribution in [0.5, 0.6) is 5.75 Å². The SMILES string of the molecule is CC(=N)c1cc(-c2cc(NC(CO)c3ccccc3)cnc2-c2cccc(O)c2)ccc1N. The smallest absolute Gasteiger partial charge is 0.116 e. The molecule has 0 spiro atoms. The normalized spacial score (nSPS) is 11.7. The van der Waals surface area contributed by atoms with Crippen LogP contribution in [-0.2, 0) is 0 Å². The molecular formula is C27H26N4O2. The number of aromatic nitrogens is 1. The van der Waals surface area contributed by atoms with Gasteiger partial charge in [-0.05, 0) is 48.4 Å². The predicted octanol–water partition coefficient (Wildman–Crippen LogP) is 5.24. The molecule has 1 atom stereocenters. The van der Waals surface area contributed by atoms with Gasteiger partial charge in [0.05, 0.1) is 30.2 Å². The number of phenolic OH excluding ortho intramolecular Hbond substituents is 1. The van der Waals surface area contributed by atoms with Crippen molar-refractivity contribution in [3.05, 3.63) is 96.2 Å². The van der Waals surface area contributed by atoms with E-state index < -0.39 is 0 Å². The molecule has 6 N–H and O–H groups in total. The first-order valence-corrected chi connectivity index (χ1v) is 10.6. The van der Waals surface area contributed by atoms with Crippen molar-refractivity contribution in [2.24, 2.45) is 0 Å². The van der Waals surface area contributed by atoms with E-state index in [2.05, 4.69) is 5.32 Å². The molecule has 4 aromatic rings. The highest BCUT2D eigenvalue weighted by atomic mass is 16.3. The van der Waals surface area contributed by atoms with Crippen molar-refractivity contribution < 1.29 is 10.2 Å². The zero-order valence-corrected chi connectivity index (χ0v) is 18.3. The van der Waals surface area contributed by atoms with E-state index in [-0.39, 0.29) is 18.4 Å². The average Bonchev–Trinajstić information content (AvgIpc) is 2.83. The third-order valence-corrected chi connectivity index (χ3v) is 5.50. The Morgan fingerprint density at radius 2 is 1.79 bits per heavy atom. The maximum Gasteiger partial charge on any atom is 0.116 e. The van der Waals surface area contributed by atoms with Gasteiger partial charge in [-0.15, -0.1) is 0 Å². The highest BCUT2D eigenvalue weighted by Gasteiger charge is 2.16. The van der Waals surface area contributed by atoms with Crippen molar-refractivity contribution in [1.29, 1.82) is 5.41 Å². The molecule has 4 rings (SSSR count). The van der Waals surface area contributed by atoms with Crippen LogP contribution in [0.3, 0.4) is 0 Å². The van der Waals surface area contributed by atoms with Gasteiger partial charge in [-0.25, -0.2) is 0 Å². The lowest BCUT2D eigenvalue weighted by Gasteiger charge is -2.20. The Balaban J connectivity index is 1.83. The molecule has 0 aliphatic rings. The van der Waals surface area contributed by atoms with Crippen molar-refractivity contribution in [2.75, 3.05) is 17.7 Å². The topological polar surface area (TPSA) is 115 Å². The van der Waals surface area contributed by atoms with Gasteiger partial charge in [0.15, 0.2) is 0 Å². The molecule has 0 aliphatic heterocycles. The Hall–Kier alpha value is -4.16. The molecule has 1 unspecified atom stereocenters. The standard InChI is InChI=1S/C27H26N4O2/c1-17(28)23-13-19(10-11-25(23)29)24-14-21(31-26(16-32)18-6-3-2-4-7-18)15-30-27(24)20-8-5-9-22(33)12-20/h2-15,26,28,31-33H,16,29H2,1H3. The third kappa shape index (κ3) is 4.86. The summed E-state index contributed by atoms with van der Waals surface area (Å²) in [6, 6.07) is 23.9. The van der Waals surface area contributed by atoms with Crippen LogP contribution in [0.4, 0.5) is 11.4 Å². The Bertz CT molecular complexity index is 1290. The number of hydrogen-bond acceptors (Lipinski definition) is 6. The van der Waals surface area contributed by atoms with Crippen molar-refractivity contribution in [1.82, 2.24) is 4.98 Å². The van der Waals surface area contributed by atoms with Crippen LogP contribution in [0.2, 0.25) is 0 Å². The maximum absolute atomic E-state index is 10.0. The number of nitrogen functional groups attached to an aromatic ring is 1. The number of nitrogens with one attached hydrogen (secondary N) is 2. The Morgan fingerprint density at radius 3 is 2.48 bits per heavy atom. The first-order valence-electron chi connectivity index (χ1n) is 10.6. The van der Waals surface area contributed by atoms with Gasteiger partial charge in [0.2, 0.25) is 0 Å². The second-order valence-electron chi connectivity index (χ2n) is 7.89. The number of phenols is 1. The number of aliphatic hydroxyl groups excluding tert-OH is 1. The van der Waals surface area contributed by atoms with Crippen LogP contribution in [-0.4, -0.2) is 27.5 Å². The molecule has 33 heavy (non-hydrogen) atoms. The zero-order valence-electron chi connectivity index (χ0n) is 18.3. The van der Waals surface area contributed by atoms with Crippen molar-refractivity contribution >= 4 is 17.1 Å². The van der Waals surface area contributed by atoms with Crippen LogP contribution in [0.25, 0.3) is 22.4 Å². The molecule has 0 fully saturated rings. The minimum Gasteiger partial charge on any atom is -0.508 e. The van der Waals surface area contributed by atoms with E-state index in [0.717, 1.165) is 27.9 Å². The van der Waals surface area contributed by atoms with Crippen LogP contribution in [0, 0.1) is 5.41 Å². The van der Waals surface area contributed by atoms with Gasteiger partial charge in [0, 0.05) is 28.1 Å². The van der Waals surface area contributed by atoms with Gasteiger partial charge in [-0.1, -0.05) is 48.5 Å². The van der Waals surface area contributed by atoms with Crippen LogP contribution in [0.15, 0.2) is 85.1 Å². The number of nitrogens with two attached hydrogens (primary N) is 1. The van der Waals surface area contributed by atoms with E-state index in [1.807, 2.05) is 54.6 Å². The first kappa shape index (κ1) is 22.0. The van der Waals surface area contributed by atoms with Gasteiger partial charge in [0.25, 0.3) is 0 Å². The van der Waals surface area contributed by atoms with E-state index in [4.69, 9.17) is 16.1 Å². The predicted molar refractivity (Wildman–Crippen MR) is 134 cm³/mol. The molecule has 6 nitrogen and oxygen atoms in total. The fourth-order valence-corrected chi connectivity index (χ4v) is 3.82. The number of pyridine rings is 1. The van der Waals surface area contributed by atoms with Gasteiger partial charge in [-0.2, -0.15) is 0 Å². The number of nitrogens with zero attached hydrogens (tertiary/aromatic N) is 1. The highest BCUT2D eigenvalue weighted by molar-refractivity contribution is 6.02. The average molecular weight is 439 g/mol. The summed E-state index contributed by atoms with van der Waals surface area (Å²) in [7, 11) is 0. The minimum atomic E-state index is -0.293. The van der Waals surface area contributed by atoms with E-state index in [9.17, 15) is 10.2 Å². The maximum atomic E-state index is 10.0. The fraction of sp³-hybridized carbons (Fsp3) is 0.111. The second kappa shape index (κ2) is 9.54. The van der Waals surface area contributed by atoms with E-state index in [0.29, 0.717) is 22.7 Å². The van der Waals surface area contributed by atoms with Crippen LogP contribution >= 0.6 is 0 Å².